The van der Waals surface area contributed by atoms with Crippen molar-refractivity contribution in [1.82, 2.24) is 5.32 Å². The van der Waals surface area contributed by atoms with Crippen LogP contribution in [0.2, 0.25) is 0 Å². The Balaban J connectivity index is 2.35. The Kier molecular flexibility index (Phi) is 4.10. The van der Waals surface area contributed by atoms with Crippen LogP contribution < -0.4 is 5.32 Å². The number of hydrogen-bond donors (Lipinski definition) is 2. The van der Waals surface area contributed by atoms with Crippen LogP contribution in [0, 0.1) is 5.41 Å². The second-order valence-electron chi connectivity index (χ2n) is 4.00. The molecule has 1 aliphatic rings. The van der Waals surface area contributed by atoms with Gasteiger partial charge in [0.15, 0.2) is 0 Å². The zero-order chi connectivity index (χ0) is 9.73. The fraction of sp³-hybridized carbons (Fsp3) is 0.900. The summed E-state index contributed by atoms with van der Waals surface area (Å²) in [4.78, 5) is 11.0. The smallest absolute Gasteiger partial charge is 0.229 e. The molecule has 0 spiro atoms. The third kappa shape index (κ3) is 2.90. The Bertz CT molecular complexity index is 176. The summed E-state index contributed by atoms with van der Waals surface area (Å²) >= 11 is 3.94. The topological polar surface area (TPSA) is 29.1 Å². The lowest BCUT2D eigenvalue weighted by atomic mass is 9.83. The van der Waals surface area contributed by atoms with E-state index in [2.05, 4.69) is 24.9 Å². The van der Waals surface area contributed by atoms with Crippen LogP contribution in [-0.2, 0) is 4.79 Å². The molecular formula is C10H19NOS. The number of amides is 1. The predicted molar refractivity (Wildman–Crippen MR) is 58.1 cm³/mol. The molecule has 0 bridgehead atoms. The van der Waals surface area contributed by atoms with E-state index in [-0.39, 0.29) is 5.91 Å². The van der Waals surface area contributed by atoms with Gasteiger partial charge in [-0.3, -0.25) is 4.79 Å². The van der Waals surface area contributed by atoms with Gasteiger partial charge in [0.2, 0.25) is 5.91 Å². The summed E-state index contributed by atoms with van der Waals surface area (Å²) in [5, 5.41) is 2.95. The lowest BCUT2D eigenvalue weighted by Gasteiger charge is -2.27. The molecule has 76 valence electrons. The van der Waals surface area contributed by atoms with Gasteiger partial charge in [-0.05, 0) is 24.7 Å². The molecule has 1 N–H and O–H groups in total. The Morgan fingerprint density at radius 2 is 2.08 bits per heavy atom. The molecule has 0 heterocycles. The average molecular weight is 201 g/mol. The van der Waals surface area contributed by atoms with Gasteiger partial charge in [-0.15, -0.1) is 0 Å². The molecule has 1 rings (SSSR count). The van der Waals surface area contributed by atoms with Gasteiger partial charge >= 0.3 is 0 Å². The van der Waals surface area contributed by atoms with E-state index in [4.69, 9.17) is 0 Å². The highest BCUT2D eigenvalue weighted by molar-refractivity contribution is 7.81. The van der Waals surface area contributed by atoms with Crippen molar-refractivity contribution in [2.24, 2.45) is 5.41 Å². The maximum atomic E-state index is 11.0. The molecule has 0 atom stereocenters. The standard InChI is InChI=1S/C10H19NOS/c1-2-10(5-3-4-6-10)8-11-9(12)7-13/h13H,2-8H2,1H3,(H,11,12). The van der Waals surface area contributed by atoms with E-state index < -0.39 is 0 Å². The van der Waals surface area contributed by atoms with Crippen LogP contribution in [0.1, 0.15) is 39.0 Å². The maximum absolute atomic E-state index is 11.0. The van der Waals surface area contributed by atoms with E-state index >= 15 is 0 Å². The van der Waals surface area contributed by atoms with Crippen molar-refractivity contribution < 1.29 is 4.79 Å². The van der Waals surface area contributed by atoms with Crippen molar-refractivity contribution in [2.75, 3.05) is 12.3 Å². The first kappa shape index (κ1) is 10.9. The van der Waals surface area contributed by atoms with Gasteiger partial charge in [-0.1, -0.05) is 19.8 Å². The molecule has 13 heavy (non-hydrogen) atoms. The summed E-state index contributed by atoms with van der Waals surface area (Å²) in [5.41, 5.74) is 0.401. The molecule has 2 nitrogen and oxygen atoms in total. The van der Waals surface area contributed by atoms with Crippen molar-refractivity contribution in [3.63, 3.8) is 0 Å². The van der Waals surface area contributed by atoms with Gasteiger partial charge < -0.3 is 5.32 Å². The molecule has 0 saturated heterocycles. The Morgan fingerprint density at radius 1 is 1.46 bits per heavy atom. The zero-order valence-electron chi connectivity index (χ0n) is 8.31. The second kappa shape index (κ2) is 4.89. The van der Waals surface area contributed by atoms with Gasteiger partial charge in [0.05, 0.1) is 5.75 Å². The zero-order valence-corrected chi connectivity index (χ0v) is 9.20. The fourth-order valence-electron chi connectivity index (χ4n) is 2.12. The van der Waals surface area contributed by atoms with E-state index in [1.807, 2.05) is 0 Å². The minimum atomic E-state index is 0.0584. The number of nitrogens with one attached hydrogen (secondary N) is 1. The number of carbonyl (C=O) groups is 1. The molecule has 1 fully saturated rings. The summed E-state index contributed by atoms with van der Waals surface area (Å²) in [7, 11) is 0. The van der Waals surface area contributed by atoms with Crippen LogP contribution in [-0.4, -0.2) is 18.2 Å². The van der Waals surface area contributed by atoms with E-state index in [0.29, 0.717) is 11.2 Å². The SMILES string of the molecule is CCC1(CNC(=O)CS)CCCC1. The maximum Gasteiger partial charge on any atom is 0.229 e. The number of thiol groups is 1. The predicted octanol–water partition coefficient (Wildman–Crippen LogP) is 2.00. The molecule has 3 heteroatoms. The molecular weight excluding hydrogens is 182 g/mol. The second-order valence-corrected chi connectivity index (χ2v) is 4.31. The highest BCUT2D eigenvalue weighted by Crippen LogP contribution is 2.40. The van der Waals surface area contributed by atoms with E-state index in [1.54, 1.807) is 0 Å². The van der Waals surface area contributed by atoms with Crippen molar-refractivity contribution in [2.45, 2.75) is 39.0 Å². The number of carbonyl (C=O) groups excluding carboxylic acids is 1. The Labute approximate surface area is 85.9 Å². The van der Waals surface area contributed by atoms with E-state index in [1.165, 1.54) is 32.1 Å². The minimum Gasteiger partial charge on any atom is -0.355 e. The fourth-order valence-corrected chi connectivity index (χ4v) is 2.23. The summed E-state index contributed by atoms with van der Waals surface area (Å²) < 4.78 is 0. The summed E-state index contributed by atoms with van der Waals surface area (Å²) in [5.74, 6) is 0.364. The van der Waals surface area contributed by atoms with Crippen LogP contribution in [0.25, 0.3) is 0 Å². The monoisotopic (exact) mass is 201 g/mol. The first-order valence-corrected chi connectivity index (χ1v) is 5.73. The lowest BCUT2D eigenvalue weighted by Crippen LogP contribution is -2.36. The van der Waals surface area contributed by atoms with E-state index in [9.17, 15) is 4.79 Å². The van der Waals surface area contributed by atoms with Crippen LogP contribution in [0.5, 0.6) is 0 Å². The molecule has 0 radical (unpaired) electrons. The molecule has 0 unspecified atom stereocenters. The summed E-state index contributed by atoms with van der Waals surface area (Å²) in [6.45, 7) is 3.07. The van der Waals surface area contributed by atoms with Crippen LogP contribution >= 0.6 is 12.6 Å². The summed E-state index contributed by atoms with van der Waals surface area (Å²) in [6.07, 6.45) is 6.38. The molecule has 1 saturated carbocycles. The minimum absolute atomic E-state index is 0.0584. The molecule has 0 aliphatic heterocycles. The van der Waals surface area contributed by atoms with Gasteiger partial charge in [-0.2, -0.15) is 12.6 Å². The van der Waals surface area contributed by atoms with E-state index in [0.717, 1.165) is 6.54 Å². The van der Waals surface area contributed by atoms with Gasteiger partial charge in [0, 0.05) is 6.54 Å². The molecule has 0 aromatic heterocycles. The highest BCUT2D eigenvalue weighted by Gasteiger charge is 2.31. The average Bonchev–Trinajstić information content (AvgIpc) is 2.63. The van der Waals surface area contributed by atoms with Crippen LogP contribution in [0.3, 0.4) is 0 Å². The number of hydrogen-bond acceptors (Lipinski definition) is 2. The molecule has 1 aliphatic carbocycles. The first-order chi connectivity index (χ1) is 6.22. The highest BCUT2D eigenvalue weighted by atomic mass is 32.1. The Hall–Kier alpha value is -0.180. The lowest BCUT2D eigenvalue weighted by molar-refractivity contribution is -0.119. The third-order valence-corrected chi connectivity index (χ3v) is 3.51. The van der Waals surface area contributed by atoms with Crippen LogP contribution in [0.15, 0.2) is 0 Å². The van der Waals surface area contributed by atoms with Gasteiger partial charge in [0.25, 0.3) is 0 Å². The van der Waals surface area contributed by atoms with Gasteiger partial charge in [-0.25, -0.2) is 0 Å². The largest absolute Gasteiger partial charge is 0.355 e. The van der Waals surface area contributed by atoms with Crippen molar-refractivity contribution in [3.05, 3.63) is 0 Å². The molecule has 1 amide bonds. The van der Waals surface area contributed by atoms with Gasteiger partial charge in [0.1, 0.15) is 0 Å². The first-order valence-electron chi connectivity index (χ1n) is 5.10. The Morgan fingerprint density at radius 3 is 2.54 bits per heavy atom. The molecule has 0 aromatic rings. The van der Waals surface area contributed by atoms with Crippen LogP contribution in [0.4, 0.5) is 0 Å². The van der Waals surface area contributed by atoms with Crippen molar-refractivity contribution in [1.29, 1.82) is 0 Å². The summed E-state index contributed by atoms with van der Waals surface area (Å²) in [6, 6.07) is 0. The van der Waals surface area contributed by atoms with Crippen molar-refractivity contribution >= 4 is 18.5 Å². The quantitative estimate of drug-likeness (QED) is 0.669. The molecule has 0 aromatic carbocycles. The normalized spacial score (nSPS) is 20.2. The van der Waals surface area contributed by atoms with Crippen molar-refractivity contribution in [3.8, 4) is 0 Å². The number of rotatable bonds is 4. The third-order valence-electron chi connectivity index (χ3n) is 3.22.